The number of nitrogens with zero attached hydrogens (tertiary/aromatic N) is 2. The highest BCUT2D eigenvalue weighted by molar-refractivity contribution is 5.94. The summed E-state index contributed by atoms with van der Waals surface area (Å²) < 4.78 is 5.56. The first-order chi connectivity index (χ1) is 15.7. The maximum Gasteiger partial charge on any atom is 0.251 e. The van der Waals surface area contributed by atoms with Crippen LogP contribution in [0.15, 0.2) is 48.8 Å². The van der Waals surface area contributed by atoms with Crippen LogP contribution < -0.4 is 10.6 Å². The number of piperidine rings is 1. The van der Waals surface area contributed by atoms with E-state index in [-0.39, 0.29) is 24.0 Å². The van der Waals surface area contributed by atoms with Crippen LogP contribution >= 0.6 is 0 Å². The quantitative estimate of drug-likeness (QED) is 0.665. The number of amides is 2. The summed E-state index contributed by atoms with van der Waals surface area (Å²) in [6.07, 6.45) is 8.81. The number of likely N-dealkylation sites (tertiary alicyclic amines) is 1. The van der Waals surface area contributed by atoms with Crippen LogP contribution in [0.1, 0.15) is 53.6 Å². The third-order valence-electron chi connectivity index (χ3n) is 6.19. The summed E-state index contributed by atoms with van der Waals surface area (Å²) >= 11 is 0. The lowest BCUT2D eigenvalue weighted by atomic mass is 10.0. The molecular weight excluding hydrogens is 404 g/mol. The zero-order valence-electron chi connectivity index (χ0n) is 18.5. The van der Waals surface area contributed by atoms with Crippen molar-refractivity contribution in [3.63, 3.8) is 0 Å². The molecule has 1 aromatic carbocycles. The maximum atomic E-state index is 13.0. The summed E-state index contributed by atoms with van der Waals surface area (Å²) in [4.78, 5) is 31.9. The minimum Gasteiger partial charge on any atom is -0.376 e. The van der Waals surface area contributed by atoms with Gasteiger partial charge in [-0.3, -0.25) is 19.5 Å². The number of carbonyl (C=O) groups excluding carboxylic acids is 2. The average molecular weight is 437 g/mol. The molecule has 2 aliphatic heterocycles. The topological polar surface area (TPSA) is 83.6 Å². The number of ether oxygens (including phenoxy) is 1. The molecule has 0 aliphatic carbocycles. The Morgan fingerprint density at radius 3 is 2.78 bits per heavy atom. The molecule has 3 heterocycles. The standard InChI is InChI=1S/C25H32N4O3/c30-24(28-17-22-9-5-13-32-22)21-8-3-6-19(14-21)16-27-25(31)23-10-1-2-12-29(23)18-20-7-4-11-26-15-20/h3-4,6-8,11,14-15,22-23H,1-2,5,9-10,12-13,16-18H2,(H,27,31)(H,28,30). The van der Waals surface area contributed by atoms with E-state index in [2.05, 4.69) is 20.5 Å². The number of hydrogen-bond acceptors (Lipinski definition) is 5. The summed E-state index contributed by atoms with van der Waals surface area (Å²) in [5.41, 5.74) is 2.64. The smallest absolute Gasteiger partial charge is 0.251 e. The normalized spacial score (nSPS) is 21.2. The molecule has 2 atom stereocenters. The van der Waals surface area contributed by atoms with E-state index >= 15 is 0 Å². The van der Waals surface area contributed by atoms with E-state index in [4.69, 9.17) is 4.74 Å². The van der Waals surface area contributed by atoms with Crippen molar-refractivity contribution in [3.8, 4) is 0 Å². The Kier molecular flexibility index (Phi) is 7.85. The van der Waals surface area contributed by atoms with Crippen LogP contribution in [0.5, 0.6) is 0 Å². The second-order valence-electron chi connectivity index (χ2n) is 8.61. The van der Waals surface area contributed by atoms with Crippen LogP contribution in [0.3, 0.4) is 0 Å². The summed E-state index contributed by atoms with van der Waals surface area (Å²) in [5.74, 6) is -0.0644. The van der Waals surface area contributed by atoms with E-state index in [0.29, 0.717) is 18.7 Å². The predicted molar refractivity (Wildman–Crippen MR) is 122 cm³/mol. The van der Waals surface area contributed by atoms with Gasteiger partial charge < -0.3 is 15.4 Å². The molecule has 0 radical (unpaired) electrons. The summed E-state index contributed by atoms with van der Waals surface area (Å²) in [5, 5.41) is 6.03. The van der Waals surface area contributed by atoms with E-state index in [1.165, 1.54) is 0 Å². The Balaban J connectivity index is 1.30. The van der Waals surface area contributed by atoms with Crippen molar-refractivity contribution >= 4 is 11.8 Å². The van der Waals surface area contributed by atoms with Crippen molar-refractivity contribution in [2.75, 3.05) is 19.7 Å². The van der Waals surface area contributed by atoms with Gasteiger partial charge in [0, 0.05) is 44.2 Å². The fourth-order valence-electron chi connectivity index (χ4n) is 4.45. The van der Waals surface area contributed by atoms with E-state index in [1.54, 1.807) is 12.3 Å². The van der Waals surface area contributed by atoms with Crippen LogP contribution in [0, 0.1) is 0 Å². The van der Waals surface area contributed by atoms with Gasteiger partial charge >= 0.3 is 0 Å². The molecule has 7 heteroatoms. The van der Waals surface area contributed by atoms with E-state index in [9.17, 15) is 9.59 Å². The Bertz CT molecular complexity index is 899. The average Bonchev–Trinajstić information content (AvgIpc) is 3.36. The number of benzene rings is 1. The highest BCUT2D eigenvalue weighted by Crippen LogP contribution is 2.20. The molecule has 1 aromatic heterocycles. The third kappa shape index (κ3) is 6.14. The molecule has 0 bridgehead atoms. The highest BCUT2D eigenvalue weighted by atomic mass is 16.5. The van der Waals surface area contributed by atoms with Crippen molar-refractivity contribution in [1.82, 2.24) is 20.5 Å². The maximum absolute atomic E-state index is 13.0. The molecule has 2 saturated heterocycles. The summed E-state index contributed by atoms with van der Waals surface area (Å²) in [6, 6.07) is 11.3. The molecule has 32 heavy (non-hydrogen) atoms. The minimum absolute atomic E-state index is 0.0434. The molecule has 2 unspecified atom stereocenters. The van der Waals surface area contributed by atoms with Crippen molar-refractivity contribution in [2.45, 2.75) is 57.3 Å². The van der Waals surface area contributed by atoms with Crippen LogP contribution in [-0.4, -0.2) is 53.5 Å². The van der Waals surface area contributed by atoms with Crippen LogP contribution in [-0.2, 0) is 22.6 Å². The number of pyridine rings is 1. The zero-order valence-corrected chi connectivity index (χ0v) is 18.5. The molecule has 2 fully saturated rings. The highest BCUT2D eigenvalue weighted by Gasteiger charge is 2.28. The Labute approximate surface area is 189 Å². The third-order valence-corrected chi connectivity index (χ3v) is 6.19. The van der Waals surface area contributed by atoms with E-state index < -0.39 is 0 Å². The molecule has 2 amide bonds. The van der Waals surface area contributed by atoms with Gasteiger partial charge in [0.2, 0.25) is 5.91 Å². The van der Waals surface area contributed by atoms with Crippen LogP contribution in [0.4, 0.5) is 0 Å². The van der Waals surface area contributed by atoms with Gasteiger partial charge in [-0.15, -0.1) is 0 Å². The van der Waals surface area contributed by atoms with Gasteiger partial charge in [-0.05, 0) is 61.6 Å². The minimum atomic E-state index is -0.137. The lowest BCUT2D eigenvalue weighted by molar-refractivity contribution is -0.128. The van der Waals surface area contributed by atoms with Crippen molar-refractivity contribution in [3.05, 3.63) is 65.5 Å². The zero-order chi connectivity index (χ0) is 22.2. The van der Waals surface area contributed by atoms with Crippen molar-refractivity contribution < 1.29 is 14.3 Å². The first-order valence-electron chi connectivity index (χ1n) is 11.6. The van der Waals surface area contributed by atoms with Gasteiger partial charge in [-0.2, -0.15) is 0 Å². The Morgan fingerprint density at radius 2 is 1.97 bits per heavy atom. The summed E-state index contributed by atoms with van der Waals surface area (Å²) in [7, 11) is 0. The molecule has 4 rings (SSSR count). The van der Waals surface area contributed by atoms with Gasteiger partial charge in [0.15, 0.2) is 0 Å². The SMILES string of the molecule is O=C(NCC1CCCO1)c1cccc(CNC(=O)C2CCCCN2Cc2cccnc2)c1. The second-order valence-corrected chi connectivity index (χ2v) is 8.61. The molecule has 0 spiro atoms. The molecule has 7 nitrogen and oxygen atoms in total. The number of hydrogen-bond donors (Lipinski definition) is 2. The molecule has 170 valence electrons. The number of aromatic nitrogens is 1. The first kappa shape index (κ1) is 22.4. The van der Waals surface area contributed by atoms with Crippen molar-refractivity contribution in [1.29, 1.82) is 0 Å². The fourth-order valence-corrected chi connectivity index (χ4v) is 4.45. The predicted octanol–water partition coefficient (Wildman–Crippen LogP) is 2.66. The van der Waals surface area contributed by atoms with Gasteiger partial charge in [0.05, 0.1) is 12.1 Å². The Morgan fingerprint density at radius 1 is 1.06 bits per heavy atom. The number of rotatable bonds is 8. The molecule has 2 aromatic rings. The largest absolute Gasteiger partial charge is 0.376 e. The molecule has 2 N–H and O–H groups in total. The monoisotopic (exact) mass is 436 g/mol. The molecule has 2 aliphatic rings. The fraction of sp³-hybridized carbons (Fsp3) is 0.480. The summed E-state index contributed by atoms with van der Waals surface area (Å²) in [6.45, 7) is 3.35. The number of nitrogens with one attached hydrogen (secondary N) is 2. The first-order valence-corrected chi connectivity index (χ1v) is 11.6. The van der Waals surface area contributed by atoms with Gasteiger partial charge in [-0.1, -0.05) is 24.6 Å². The van der Waals surface area contributed by atoms with E-state index in [0.717, 1.165) is 62.9 Å². The second kappa shape index (κ2) is 11.2. The number of carbonyl (C=O) groups is 2. The van der Waals surface area contributed by atoms with Gasteiger partial charge in [0.25, 0.3) is 5.91 Å². The van der Waals surface area contributed by atoms with Crippen LogP contribution in [0.25, 0.3) is 0 Å². The Hall–Kier alpha value is -2.77. The lowest BCUT2D eigenvalue weighted by Crippen LogP contribution is -2.48. The van der Waals surface area contributed by atoms with Gasteiger partial charge in [0.1, 0.15) is 0 Å². The molecule has 0 saturated carbocycles. The van der Waals surface area contributed by atoms with Crippen molar-refractivity contribution in [2.24, 2.45) is 0 Å². The van der Waals surface area contributed by atoms with E-state index in [1.807, 2.05) is 36.5 Å². The van der Waals surface area contributed by atoms with Crippen LogP contribution in [0.2, 0.25) is 0 Å². The molecular formula is C25H32N4O3. The van der Waals surface area contributed by atoms with Gasteiger partial charge in [-0.25, -0.2) is 0 Å². The lowest BCUT2D eigenvalue weighted by Gasteiger charge is -2.34.